The van der Waals surface area contributed by atoms with Gasteiger partial charge in [0, 0.05) is 37.9 Å². The lowest BCUT2D eigenvalue weighted by Crippen LogP contribution is -2.58. The van der Waals surface area contributed by atoms with Crippen molar-refractivity contribution in [3.63, 3.8) is 0 Å². The minimum Gasteiger partial charge on any atom is -0.350 e. The van der Waals surface area contributed by atoms with Gasteiger partial charge in [0.2, 0.25) is 16.0 Å². The second kappa shape index (κ2) is 7.69. The Morgan fingerprint density at radius 3 is 2.76 bits per heavy atom. The number of aromatic nitrogens is 4. The first kappa shape index (κ1) is 19.7. The van der Waals surface area contributed by atoms with Crippen molar-refractivity contribution in [2.75, 3.05) is 38.3 Å². The quantitative estimate of drug-likeness (QED) is 0.669. The molecule has 10 heteroatoms. The lowest BCUT2D eigenvalue weighted by atomic mass is 10.1. The van der Waals surface area contributed by atoms with Gasteiger partial charge in [0.05, 0.1) is 17.3 Å². The molecule has 0 spiro atoms. The van der Waals surface area contributed by atoms with Gasteiger partial charge in [-0.1, -0.05) is 12.1 Å². The maximum absolute atomic E-state index is 12.0. The highest BCUT2D eigenvalue weighted by atomic mass is 32.2. The summed E-state index contributed by atoms with van der Waals surface area (Å²) >= 11 is 0. The first-order chi connectivity index (χ1) is 13.8. The van der Waals surface area contributed by atoms with Crippen LogP contribution in [0.5, 0.6) is 0 Å². The third kappa shape index (κ3) is 4.09. The Labute approximate surface area is 170 Å². The van der Waals surface area contributed by atoms with Crippen LogP contribution in [-0.2, 0) is 10.0 Å². The number of nitrogens with one attached hydrogen (secondary N) is 1. The summed E-state index contributed by atoms with van der Waals surface area (Å²) in [6.45, 7) is 3.66. The molecule has 0 bridgehead atoms. The minimum absolute atomic E-state index is 0.0137. The van der Waals surface area contributed by atoms with E-state index < -0.39 is 10.0 Å². The van der Waals surface area contributed by atoms with Crippen molar-refractivity contribution in [3.05, 3.63) is 42.9 Å². The van der Waals surface area contributed by atoms with E-state index in [1.54, 1.807) is 12.5 Å². The molecule has 3 heterocycles. The number of imidazole rings is 1. The van der Waals surface area contributed by atoms with Gasteiger partial charge in [-0.3, -0.25) is 9.47 Å². The Balaban J connectivity index is 1.54. The molecular weight excluding hydrogens is 390 g/mol. The van der Waals surface area contributed by atoms with Gasteiger partial charge in [-0.05, 0) is 32.2 Å². The summed E-state index contributed by atoms with van der Waals surface area (Å²) in [5.41, 5.74) is 1.87. The summed E-state index contributed by atoms with van der Waals surface area (Å²) in [7, 11) is -1.20. The van der Waals surface area contributed by atoms with E-state index in [9.17, 15) is 8.42 Å². The molecule has 1 aromatic carbocycles. The van der Waals surface area contributed by atoms with Gasteiger partial charge < -0.3 is 5.32 Å². The zero-order chi connectivity index (χ0) is 20.6. The van der Waals surface area contributed by atoms with Crippen LogP contribution in [0, 0.1) is 0 Å². The fourth-order valence-electron chi connectivity index (χ4n) is 3.71. The number of nitrogens with zero attached hydrogens (tertiary/aromatic N) is 6. The van der Waals surface area contributed by atoms with Crippen molar-refractivity contribution in [2.45, 2.75) is 19.0 Å². The number of rotatable bonds is 5. The first-order valence-electron chi connectivity index (χ1n) is 9.50. The van der Waals surface area contributed by atoms with Crippen LogP contribution in [0.25, 0.3) is 16.9 Å². The Kier molecular flexibility index (Phi) is 5.24. The van der Waals surface area contributed by atoms with Crippen LogP contribution in [0.4, 0.5) is 5.95 Å². The second-order valence-corrected chi connectivity index (χ2v) is 9.43. The number of anilines is 1. The predicted octanol–water partition coefficient (Wildman–Crippen LogP) is 1.19. The minimum atomic E-state index is -3.21. The fraction of sp³-hybridized carbons (Fsp3) is 0.421. The van der Waals surface area contributed by atoms with Crippen molar-refractivity contribution in [3.8, 4) is 5.82 Å². The highest BCUT2D eigenvalue weighted by molar-refractivity contribution is 7.88. The largest absolute Gasteiger partial charge is 0.350 e. The van der Waals surface area contributed by atoms with Gasteiger partial charge in [0.25, 0.3) is 0 Å². The molecule has 1 fully saturated rings. The number of piperazine rings is 1. The topological polar surface area (TPSA) is 96.2 Å². The third-order valence-corrected chi connectivity index (χ3v) is 6.67. The molecule has 0 amide bonds. The van der Waals surface area contributed by atoms with E-state index in [0.29, 0.717) is 25.6 Å². The highest BCUT2D eigenvalue weighted by Crippen LogP contribution is 2.19. The van der Waals surface area contributed by atoms with Gasteiger partial charge >= 0.3 is 0 Å². The SMILES string of the molecule is CC(Nc1nccc(-n2cnc3ccccc32)n1)C1CN(S(C)(=O)=O)CCN1C. The van der Waals surface area contributed by atoms with Gasteiger partial charge in [-0.2, -0.15) is 9.29 Å². The molecule has 9 nitrogen and oxygen atoms in total. The Morgan fingerprint density at radius 1 is 1.17 bits per heavy atom. The number of hydrogen-bond acceptors (Lipinski definition) is 7. The van der Waals surface area contributed by atoms with E-state index in [2.05, 4.69) is 25.2 Å². The molecular formula is C19H25N7O2S. The normalized spacial score (nSPS) is 20.0. The standard InChI is InChI=1S/C19H25N7O2S/c1-14(17-12-25(29(3,27)28)11-10-24(17)2)22-19-20-9-8-18(23-19)26-13-21-15-6-4-5-7-16(15)26/h4-9,13-14,17H,10-12H2,1-3H3,(H,20,22,23). The fourth-order valence-corrected chi connectivity index (χ4v) is 4.55. The molecule has 154 valence electrons. The molecule has 3 aromatic rings. The van der Waals surface area contributed by atoms with E-state index in [0.717, 1.165) is 16.9 Å². The Hall–Kier alpha value is -2.56. The molecule has 1 saturated heterocycles. The van der Waals surface area contributed by atoms with Gasteiger partial charge in [0.15, 0.2) is 0 Å². The molecule has 1 aliphatic heterocycles. The van der Waals surface area contributed by atoms with Crippen LogP contribution in [0.1, 0.15) is 6.92 Å². The summed E-state index contributed by atoms with van der Waals surface area (Å²) in [5.74, 6) is 1.22. The van der Waals surface area contributed by atoms with Crippen LogP contribution in [0.2, 0.25) is 0 Å². The number of fused-ring (bicyclic) bond motifs is 1. The van der Waals surface area contributed by atoms with E-state index >= 15 is 0 Å². The number of likely N-dealkylation sites (N-methyl/N-ethyl adjacent to an activating group) is 1. The van der Waals surface area contributed by atoms with Crippen LogP contribution in [-0.4, -0.2) is 82.2 Å². The average molecular weight is 416 g/mol. The number of sulfonamides is 1. The summed E-state index contributed by atoms with van der Waals surface area (Å²) in [6, 6.07) is 9.68. The second-order valence-electron chi connectivity index (χ2n) is 7.44. The zero-order valence-electron chi connectivity index (χ0n) is 16.7. The van der Waals surface area contributed by atoms with Crippen molar-refractivity contribution in [1.29, 1.82) is 0 Å². The van der Waals surface area contributed by atoms with Crippen LogP contribution >= 0.6 is 0 Å². The predicted molar refractivity (Wildman–Crippen MR) is 113 cm³/mol. The monoisotopic (exact) mass is 415 g/mol. The Bertz CT molecular complexity index is 1110. The van der Waals surface area contributed by atoms with Crippen LogP contribution in [0.3, 0.4) is 0 Å². The lowest BCUT2D eigenvalue weighted by molar-refractivity contribution is 0.136. The van der Waals surface area contributed by atoms with Crippen molar-refractivity contribution in [1.82, 2.24) is 28.7 Å². The van der Waals surface area contributed by atoms with E-state index in [1.807, 2.05) is 48.9 Å². The lowest BCUT2D eigenvalue weighted by Gasteiger charge is -2.41. The van der Waals surface area contributed by atoms with Gasteiger partial charge in [-0.25, -0.2) is 18.4 Å². The summed E-state index contributed by atoms with van der Waals surface area (Å²) in [6.07, 6.45) is 4.72. The van der Waals surface area contributed by atoms with Crippen molar-refractivity contribution >= 4 is 27.0 Å². The maximum atomic E-state index is 12.0. The molecule has 2 atom stereocenters. The molecule has 1 aliphatic rings. The number of benzene rings is 1. The first-order valence-corrected chi connectivity index (χ1v) is 11.3. The summed E-state index contributed by atoms with van der Waals surface area (Å²) in [5, 5.41) is 3.35. The van der Waals surface area contributed by atoms with Crippen molar-refractivity contribution < 1.29 is 8.42 Å². The summed E-state index contributed by atoms with van der Waals surface area (Å²) in [4.78, 5) is 15.6. The smallest absolute Gasteiger partial charge is 0.224 e. The maximum Gasteiger partial charge on any atom is 0.224 e. The van der Waals surface area contributed by atoms with Crippen molar-refractivity contribution in [2.24, 2.45) is 0 Å². The molecule has 0 radical (unpaired) electrons. The van der Waals surface area contributed by atoms with Crippen LogP contribution < -0.4 is 5.32 Å². The zero-order valence-corrected chi connectivity index (χ0v) is 17.5. The molecule has 29 heavy (non-hydrogen) atoms. The molecule has 0 saturated carbocycles. The molecule has 1 N–H and O–H groups in total. The number of hydrogen-bond donors (Lipinski definition) is 1. The van der Waals surface area contributed by atoms with E-state index in [-0.39, 0.29) is 12.1 Å². The number of para-hydroxylation sites is 2. The molecule has 0 aliphatic carbocycles. The van der Waals surface area contributed by atoms with E-state index in [1.165, 1.54) is 10.6 Å². The van der Waals surface area contributed by atoms with Gasteiger partial charge in [-0.15, -0.1) is 0 Å². The molecule has 2 unspecified atom stereocenters. The van der Waals surface area contributed by atoms with Gasteiger partial charge in [0.1, 0.15) is 12.1 Å². The summed E-state index contributed by atoms with van der Waals surface area (Å²) < 4.78 is 27.4. The third-order valence-electron chi connectivity index (χ3n) is 5.40. The van der Waals surface area contributed by atoms with Crippen LogP contribution in [0.15, 0.2) is 42.9 Å². The Morgan fingerprint density at radius 2 is 1.97 bits per heavy atom. The average Bonchev–Trinajstić information content (AvgIpc) is 3.12. The molecule has 2 aromatic heterocycles. The molecule has 4 rings (SSSR count). The highest BCUT2D eigenvalue weighted by Gasteiger charge is 2.32. The van der Waals surface area contributed by atoms with E-state index in [4.69, 9.17) is 0 Å².